The van der Waals surface area contributed by atoms with E-state index in [2.05, 4.69) is 0 Å². The summed E-state index contributed by atoms with van der Waals surface area (Å²) in [4.78, 5) is 0. The molecule has 0 atom stereocenters. The van der Waals surface area contributed by atoms with Crippen molar-refractivity contribution in [2.45, 2.75) is 25.6 Å². The fourth-order valence-electron chi connectivity index (χ4n) is 9.82. The van der Waals surface area contributed by atoms with Crippen LogP contribution in [0.2, 0.25) is 0 Å². The van der Waals surface area contributed by atoms with Gasteiger partial charge in [-0.3, -0.25) is 0 Å². The van der Waals surface area contributed by atoms with Crippen LogP contribution in [-0.2, 0) is 39.8 Å². The summed E-state index contributed by atoms with van der Waals surface area (Å²) in [7, 11) is 3.88. The normalized spacial score (nSPS) is 11.8. The Kier molecular flexibility index (Phi) is 21.5. The lowest BCUT2D eigenvalue weighted by atomic mass is 9.95. The summed E-state index contributed by atoms with van der Waals surface area (Å²) in [6.07, 6.45) is -10.9. The van der Waals surface area contributed by atoms with Crippen LogP contribution < -0.4 is 69.7 Å². The molecule has 0 unspecified atom stereocenters. The van der Waals surface area contributed by atoms with Gasteiger partial charge in [0.25, 0.3) is 0 Å². The number of rotatable bonds is 24. The first-order valence-electron chi connectivity index (χ1n) is 26.0. The molecule has 0 saturated heterocycles. The number of hydrogen-bond acceptors (Lipinski definition) is 11. The number of alkyl halides is 6. The fourth-order valence-corrected chi connectivity index (χ4v) is 15.8. The van der Waals surface area contributed by atoms with Gasteiger partial charge in [-0.25, -0.2) is 43.9 Å². The second-order valence-corrected chi connectivity index (χ2v) is 22.9. The highest BCUT2D eigenvalue weighted by molar-refractivity contribution is 7.81. The number of ether oxygens (including phenoxy) is 11. The SMILES string of the molecule is COc1cccc(OC)c1P(c1cc(C(F)(F)F)cc(-c2c(F)c(F)c(F)c(F)c2F)c1COCOCOCc1c(-c2c(F)c(F)c(F)c(F)c2F)cc(C(F)(F)F)cc1P(c1c(OC)cccc1OC)c1c(OC)cccc1OC)c1c(OC)cccc1OC. The van der Waals surface area contributed by atoms with Gasteiger partial charge in [0.05, 0.1) is 114 Å². The minimum absolute atomic E-state index is 0.0521. The molecule has 0 radical (unpaired) electrons. The Morgan fingerprint density at radius 1 is 0.308 bits per heavy atom. The third-order valence-electron chi connectivity index (χ3n) is 13.9. The van der Waals surface area contributed by atoms with E-state index in [1.165, 1.54) is 130 Å². The molecular formula is C62H48F16O11P2. The van der Waals surface area contributed by atoms with Crippen molar-refractivity contribution in [1.29, 1.82) is 0 Å². The minimum atomic E-state index is -5.44. The summed E-state index contributed by atoms with van der Waals surface area (Å²) in [6, 6.07) is 18.1. The highest BCUT2D eigenvalue weighted by Gasteiger charge is 2.42. The average molecular weight is 1330 g/mol. The zero-order chi connectivity index (χ0) is 66.6. The van der Waals surface area contributed by atoms with E-state index < -0.39 is 168 Å². The van der Waals surface area contributed by atoms with Crippen LogP contribution >= 0.6 is 15.8 Å². The first-order chi connectivity index (χ1) is 43.3. The van der Waals surface area contributed by atoms with Crippen molar-refractivity contribution in [1.82, 2.24) is 0 Å². The number of benzene rings is 8. The van der Waals surface area contributed by atoms with Crippen LogP contribution in [0.1, 0.15) is 22.3 Å². The first-order valence-corrected chi connectivity index (χ1v) is 28.7. The Morgan fingerprint density at radius 2 is 0.527 bits per heavy atom. The molecule has 0 aromatic heterocycles. The van der Waals surface area contributed by atoms with Gasteiger partial charge in [-0.2, -0.15) is 26.3 Å². The molecular weight excluding hydrogens is 1290 g/mol. The van der Waals surface area contributed by atoms with E-state index in [4.69, 9.17) is 52.1 Å². The third kappa shape index (κ3) is 13.3. The Morgan fingerprint density at radius 3 is 0.736 bits per heavy atom. The van der Waals surface area contributed by atoms with E-state index >= 15 is 61.5 Å². The van der Waals surface area contributed by atoms with Gasteiger partial charge in [-0.05, 0) is 106 Å². The topological polar surface area (TPSA) is 102 Å². The maximum Gasteiger partial charge on any atom is 0.416 e. The van der Waals surface area contributed by atoms with Crippen molar-refractivity contribution < 1.29 is 122 Å². The summed E-state index contributed by atoms with van der Waals surface area (Å²) in [6.45, 7) is -4.54. The minimum Gasteiger partial charge on any atom is -0.496 e. The molecule has 484 valence electrons. The summed E-state index contributed by atoms with van der Waals surface area (Å²) in [5.41, 5.74) is -10.9. The molecule has 0 spiro atoms. The quantitative estimate of drug-likeness (QED) is 0.0144. The fraction of sp³-hybridized carbons (Fsp3) is 0.226. The molecule has 11 nitrogen and oxygen atoms in total. The van der Waals surface area contributed by atoms with Crippen LogP contribution in [-0.4, -0.2) is 70.5 Å². The van der Waals surface area contributed by atoms with E-state index in [1.54, 1.807) is 0 Å². The number of halogens is 16. The smallest absolute Gasteiger partial charge is 0.416 e. The van der Waals surface area contributed by atoms with Crippen LogP contribution in [0.15, 0.2) is 97.1 Å². The van der Waals surface area contributed by atoms with Crippen molar-refractivity contribution in [2.24, 2.45) is 0 Å². The van der Waals surface area contributed by atoms with Crippen LogP contribution in [0.3, 0.4) is 0 Å². The second kappa shape index (κ2) is 28.5. The number of hydrogen-bond donors (Lipinski definition) is 0. The van der Waals surface area contributed by atoms with Crippen LogP contribution in [0.4, 0.5) is 70.2 Å². The van der Waals surface area contributed by atoms with Gasteiger partial charge in [0.15, 0.2) is 46.5 Å². The summed E-state index contributed by atoms with van der Waals surface area (Å²) < 4.78 is 311. The lowest BCUT2D eigenvalue weighted by Gasteiger charge is -2.30. The summed E-state index contributed by atoms with van der Waals surface area (Å²) in [5.74, 6) is -26.3. The summed E-state index contributed by atoms with van der Waals surface area (Å²) >= 11 is 0. The molecule has 91 heavy (non-hydrogen) atoms. The molecule has 0 N–H and O–H groups in total. The predicted molar refractivity (Wildman–Crippen MR) is 304 cm³/mol. The van der Waals surface area contributed by atoms with Crippen molar-refractivity contribution >= 4 is 47.7 Å². The first kappa shape index (κ1) is 68.7. The van der Waals surface area contributed by atoms with E-state index in [0.29, 0.717) is 12.1 Å². The molecule has 0 amide bonds. The zero-order valence-electron chi connectivity index (χ0n) is 48.5. The lowest BCUT2D eigenvalue weighted by Crippen LogP contribution is -2.29. The van der Waals surface area contributed by atoms with Gasteiger partial charge in [0, 0.05) is 15.8 Å². The second-order valence-electron chi connectivity index (χ2n) is 18.8. The Hall–Kier alpha value is -8.22. The maximum absolute atomic E-state index is 16.2. The molecule has 8 rings (SSSR count). The van der Waals surface area contributed by atoms with E-state index in [1.807, 2.05) is 0 Å². The molecule has 0 bridgehead atoms. The van der Waals surface area contributed by atoms with Crippen molar-refractivity contribution in [3.63, 3.8) is 0 Å². The monoisotopic (exact) mass is 1330 g/mol. The van der Waals surface area contributed by atoms with E-state index in [0.717, 1.165) is 0 Å². The van der Waals surface area contributed by atoms with Gasteiger partial charge < -0.3 is 52.1 Å². The third-order valence-corrected chi connectivity index (χ3v) is 19.2. The molecule has 0 heterocycles. The van der Waals surface area contributed by atoms with E-state index in [9.17, 15) is 8.78 Å². The van der Waals surface area contributed by atoms with Crippen molar-refractivity contribution in [3.8, 4) is 68.2 Å². The molecule has 0 aliphatic rings. The summed E-state index contributed by atoms with van der Waals surface area (Å²) in [5, 5.41) is -1.35. The molecule has 8 aromatic carbocycles. The zero-order valence-corrected chi connectivity index (χ0v) is 50.3. The highest BCUT2D eigenvalue weighted by Crippen LogP contribution is 2.52. The van der Waals surface area contributed by atoms with Gasteiger partial charge in [-0.1, -0.05) is 24.3 Å². The van der Waals surface area contributed by atoms with Gasteiger partial charge in [-0.15, -0.1) is 0 Å². The van der Waals surface area contributed by atoms with E-state index in [-0.39, 0.29) is 79.3 Å². The molecule has 0 saturated carbocycles. The standard InChI is InChI=1S/C62H48F16O11P2/c1-79-35-13-9-14-36(80-2)57(35)90(58-37(81-3)15-10-16-38(58)82-4)43-23-29(61(73,74)75)21-31(45-47(63)51(67)55(71)52(68)48(45)64)33(43)25-87-27-89-28-88-26-34-32(46-49(65)53(69)56(72)54(70)50(46)66)22-30(62(76,77)78)24-44(34)91(59-39(83-5)17-11-18-40(59)84-6)60-41(85-7)19-12-20-42(60)86-8/h9-24H,25-28H2,1-8H3. The Bertz CT molecular complexity index is 3510. The van der Waals surface area contributed by atoms with Gasteiger partial charge in [0.2, 0.25) is 11.6 Å². The lowest BCUT2D eigenvalue weighted by molar-refractivity contribution is -0.140. The maximum atomic E-state index is 16.2. The Balaban J connectivity index is 1.31. The van der Waals surface area contributed by atoms with Crippen molar-refractivity contribution in [2.75, 3.05) is 70.5 Å². The largest absolute Gasteiger partial charge is 0.496 e. The predicted octanol–water partition coefficient (Wildman–Crippen LogP) is 13.7. The average Bonchev–Trinajstić information content (AvgIpc) is 0.761. The van der Waals surface area contributed by atoms with Crippen molar-refractivity contribution in [3.05, 3.63) is 177 Å². The molecule has 29 heteroatoms. The molecule has 0 aliphatic heterocycles. The van der Waals surface area contributed by atoms with Crippen LogP contribution in [0.5, 0.6) is 46.0 Å². The molecule has 0 aliphatic carbocycles. The van der Waals surface area contributed by atoms with Crippen LogP contribution in [0.25, 0.3) is 22.3 Å². The Labute approximate surface area is 510 Å². The highest BCUT2D eigenvalue weighted by atomic mass is 31.1. The van der Waals surface area contributed by atoms with Crippen LogP contribution in [0, 0.1) is 58.2 Å². The molecule has 0 fully saturated rings. The van der Waals surface area contributed by atoms with Gasteiger partial charge >= 0.3 is 12.4 Å². The number of methoxy groups -OCH3 is 8. The molecule has 8 aromatic rings. The van der Waals surface area contributed by atoms with Gasteiger partial charge in [0.1, 0.15) is 59.6 Å².